The minimum Gasteiger partial charge on any atom is -0.410 e. The van der Waals surface area contributed by atoms with Crippen LogP contribution >= 0.6 is 0 Å². The Bertz CT molecular complexity index is 514. The van der Waals surface area contributed by atoms with Crippen molar-refractivity contribution in [3.05, 3.63) is 49.1 Å². The molecule has 29 heavy (non-hydrogen) atoms. The fourth-order valence-electron chi connectivity index (χ4n) is 3.15. The van der Waals surface area contributed by atoms with Gasteiger partial charge in [-0.3, -0.25) is 0 Å². The van der Waals surface area contributed by atoms with Crippen LogP contribution in [0, 0.1) is 0 Å². The van der Waals surface area contributed by atoms with Gasteiger partial charge in [0, 0.05) is 0 Å². The molecule has 0 aromatic rings. The highest BCUT2D eigenvalue weighted by atomic mass is 28.5. The van der Waals surface area contributed by atoms with Gasteiger partial charge in [-0.05, 0) is 26.2 Å². The minimum atomic E-state index is -2.60. The van der Waals surface area contributed by atoms with Crippen molar-refractivity contribution in [2.24, 2.45) is 0 Å². The maximum absolute atomic E-state index is 6.25. The Kier molecular flexibility index (Phi) is 10.1. The van der Waals surface area contributed by atoms with E-state index in [0.29, 0.717) is 0 Å². The maximum atomic E-state index is 6.25. The average Bonchev–Trinajstić information content (AvgIpc) is 2.50. The molecule has 0 unspecified atom stereocenters. The van der Waals surface area contributed by atoms with Crippen LogP contribution in [0.1, 0.15) is 0 Å². The molecule has 0 radical (unpaired) electrons. The molecule has 0 aromatic carbocycles. The first kappa shape index (κ1) is 29.1. The molecule has 0 atom stereocenters. The van der Waals surface area contributed by atoms with Gasteiger partial charge in [0.25, 0.3) is 0 Å². The normalized spacial score (nSPS) is 35.9. The van der Waals surface area contributed by atoms with Gasteiger partial charge in [-0.2, -0.15) is 0 Å². The van der Waals surface area contributed by atoms with Gasteiger partial charge in [-0.25, -0.2) is 0 Å². The number of hydrogen-bond acceptors (Lipinski definition) is 5. The number of hydrogen-bond donors (Lipinski definition) is 1. The molecule has 1 N–H and O–H groups in total. The van der Waals surface area contributed by atoms with Crippen LogP contribution in [0.15, 0.2) is 49.1 Å². The molecule has 1 saturated heterocycles. The SMILES string of the molecule is C=C[Si]1(C)O[Si](C)(C=C)O[Si](C)(C=C)O[Si](C)(C=C)O1.C[Si](C)(C)N[Si](C)(C)C. The van der Waals surface area contributed by atoms with E-state index in [1.807, 2.05) is 26.2 Å². The second-order valence-electron chi connectivity index (χ2n) is 9.91. The van der Waals surface area contributed by atoms with E-state index < -0.39 is 50.7 Å². The van der Waals surface area contributed by atoms with Crippen molar-refractivity contribution < 1.29 is 16.5 Å². The van der Waals surface area contributed by atoms with E-state index in [4.69, 9.17) is 16.5 Å². The lowest BCUT2D eigenvalue weighted by Crippen LogP contribution is -2.65. The summed E-state index contributed by atoms with van der Waals surface area (Å²) in [5, 5.41) is 0. The molecule has 1 aliphatic rings. The van der Waals surface area contributed by atoms with Gasteiger partial charge in [0.05, 0.1) is 0 Å². The van der Waals surface area contributed by atoms with Crippen LogP contribution in [-0.2, 0) is 16.5 Å². The van der Waals surface area contributed by atoms with Crippen LogP contribution in [0.4, 0.5) is 0 Å². The second-order valence-corrected chi connectivity index (χ2v) is 32.9. The van der Waals surface area contributed by atoms with Gasteiger partial charge in [-0.1, -0.05) is 62.1 Å². The summed E-state index contributed by atoms with van der Waals surface area (Å²) >= 11 is 0. The van der Waals surface area contributed by atoms with E-state index in [1.165, 1.54) is 0 Å². The van der Waals surface area contributed by atoms with Crippen LogP contribution in [0.25, 0.3) is 0 Å². The quantitative estimate of drug-likeness (QED) is 0.483. The van der Waals surface area contributed by atoms with E-state index in [9.17, 15) is 0 Å². The van der Waals surface area contributed by atoms with E-state index in [0.717, 1.165) is 0 Å². The van der Waals surface area contributed by atoms with Gasteiger partial charge in [-0.15, -0.1) is 26.3 Å². The van der Waals surface area contributed by atoms with Gasteiger partial charge in [0.1, 0.15) is 16.5 Å². The van der Waals surface area contributed by atoms with Gasteiger partial charge < -0.3 is 21.1 Å². The lowest BCUT2D eigenvalue weighted by Gasteiger charge is -2.46. The second kappa shape index (κ2) is 10.1. The van der Waals surface area contributed by atoms with Crippen LogP contribution < -0.4 is 4.65 Å². The lowest BCUT2D eigenvalue weighted by atomic mass is 11.3. The minimum absolute atomic E-state index is 0.981. The molecule has 5 nitrogen and oxygen atoms in total. The van der Waals surface area contributed by atoms with Crippen molar-refractivity contribution in [3.8, 4) is 0 Å². The zero-order valence-corrected chi connectivity index (χ0v) is 26.3. The summed E-state index contributed by atoms with van der Waals surface area (Å²) in [7, 11) is -12.4. The molecule has 1 aliphatic heterocycles. The third-order valence-electron chi connectivity index (χ3n) is 3.85. The van der Waals surface area contributed by atoms with Gasteiger partial charge in [0.2, 0.25) is 0 Å². The Hall–Kier alpha value is 0.0613. The summed E-state index contributed by atoms with van der Waals surface area (Å²) in [4.78, 5) is 0. The largest absolute Gasteiger partial charge is 0.410 e. The molecule has 1 heterocycles. The Balaban J connectivity index is 0.000000734. The fraction of sp³-hybridized carbons (Fsp3) is 0.556. The molecule has 0 bridgehead atoms. The summed E-state index contributed by atoms with van der Waals surface area (Å²) in [6, 6.07) is 0. The first-order valence-electron chi connectivity index (χ1n) is 9.92. The molecule has 0 spiro atoms. The summed E-state index contributed by atoms with van der Waals surface area (Å²) in [6.45, 7) is 37.3. The first-order valence-corrected chi connectivity index (χ1v) is 26.5. The van der Waals surface area contributed by atoms with E-state index >= 15 is 0 Å². The Morgan fingerprint density at radius 2 is 0.690 bits per heavy atom. The zero-order valence-electron chi connectivity index (χ0n) is 20.3. The fourth-order valence-corrected chi connectivity index (χ4v) is 29.9. The molecule has 11 heteroatoms. The van der Waals surface area contributed by atoms with E-state index in [1.54, 1.807) is 22.8 Å². The third-order valence-corrected chi connectivity index (χ3v) is 25.8. The summed E-state index contributed by atoms with van der Waals surface area (Å²) in [5.41, 5.74) is 7.01. The van der Waals surface area contributed by atoms with E-state index in [-0.39, 0.29) is 0 Å². The molecule has 0 saturated carbocycles. The monoisotopic (exact) mass is 505 g/mol. The molecule has 0 aliphatic carbocycles. The molecule has 168 valence electrons. The highest BCUT2D eigenvalue weighted by Crippen LogP contribution is 2.32. The predicted octanol–water partition coefficient (Wildman–Crippen LogP) is 5.50. The lowest BCUT2D eigenvalue weighted by molar-refractivity contribution is 0.250. The van der Waals surface area contributed by atoms with Crippen molar-refractivity contribution in [1.82, 2.24) is 4.65 Å². The van der Waals surface area contributed by atoms with Crippen molar-refractivity contribution in [2.45, 2.75) is 65.5 Å². The standard InChI is InChI=1S/C12H24O4Si4.C6H19NSi2/c1-9-17(5)13-18(6,10-2)15-20(8,12-4)16-19(7,11-3)14-17;1-8(2,3)7-9(4,5)6/h9-12H,1-4H2,5-8H3;7H,1-6H3. The van der Waals surface area contributed by atoms with E-state index in [2.05, 4.69) is 70.2 Å². The molecule has 0 aromatic heterocycles. The number of nitrogens with one attached hydrogen (secondary N) is 1. The molecular weight excluding hydrogens is 463 g/mol. The van der Waals surface area contributed by atoms with Crippen molar-refractivity contribution >= 4 is 50.7 Å². The van der Waals surface area contributed by atoms with Crippen LogP contribution in [0.3, 0.4) is 0 Å². The summed E-state index contributed by atoms with van der Waals surface area (Å²) < 4.78 is 28.7. The highest BCUT2D eigenvalue weighted by Gasteiger charge is 2.53. The predicted molar refractivity (Wildman–Crippen MR) is 141 cm³/mol. The van der Waals surface area contributed by atoms with Crippen LogP contribution in [-0.4, -0.2) is 50.7 Å². The van der Waals surface area contributed by atoms with Crippen LogP contribution in [0.5, 0.6) is 0 Å². The Morgan fingerprint density at radius 1 is 0.517 bits per heavy atom. The number of rotatable bonds is 6. The Labute approximate surface area is 186 Å². The first-order chi connectivity index (χ1) is 12.8. The molecular formula is C18H43NO4Si6. The zero-order chi connectivity index (χ0) is 23.4. The van der Waals surface area contributed by atoms with Gasteiger partial charge >= 0.3 is 34.2 Å². The molecule has 1 fully saturated rings. The third kappa shape index (κ3) is 10.8. The highest BCUT2D eigenvalue weighted by molar-refractivity contribution is 6.98. The summed E-state index contributed by atoms with van der Waals surface area (Å²) in [6.07, 6.45) is 0. The van der Waals surface area contributed by atoms with Crippen LogP contribution in [0.2, 0.25) is 65.5 Å². The summed E-state index contributed by atoms with van der Waals surface area (Å²) in [5.74, 6) is 0. The maximum Gasteiger partial charge on any atom is 0.344 e. The van der Waals surface area contributed by atoms with Crippen molar-refractivity contribution in [3.63, 3.8) is 0 Å². The van der Waals surface area contributed by atoms with Crippen molar-refractivity contribution in [1.29, 1.82) is 0 Å². The molecule has 0 amide bonds. The molecule has 1 rings (SSSR count). The Morgan fingerprint density at radius 3 is 0.759 bits per heavy atom. The van der Waals surface area contributed by atoms with Gasteiger partial charge in [0.15, 0.2) is 0 Å². The average molecular weight is 506 g/mol. The van der Waals surface area contributed by atoms with Crippen molar-refractivity contribution in [2.75, 3.05) is 0 Å². The topological polar surface area (TPSA) is 49.0 Å². The smallest absolute Gasteiger partial charge is 0.344 e.